The SMILES string of the molecule is CC(C)COCCN1CCCC1CNC(C)(C)C. The predicted octanol–water partition coefficient (Wildman–Crippen LogP) is 2.51. The predicted molar refractivity (Wildman–Crippen MR) is 78.0 cm³/mol. The van der Waals surface area contributed by atoms with E-state index in [0.29, 0.717) is 12.0 Å². The van der Waals surface area contributed by atoms with Crippen LogP contribution in [0.25, 0.3) is 0 Å². The van der Waals surface area contributed by atoms with E-state index in [1.807, 2.05) is 0 Å². The molecule has 1 fully saturated rings. The van der Waals surface area contributed by atoms with Crippen molar-refractivity contribution in [3.8, 4) is 0 Å². The second-order valence-corrected chi connectivity index (χ2v) is 6.93. The number of likely N-dealkylation sites (tertiary alicyclic amines) is 1. The Bertz CT molecular complexity index is 223. The van der Waals surface area contributed by atoms with Crippen molar-refractivity contribution in [1.82, 2.24) is 10.2 Å². The fourth-order valence-corrected chi connectivity index (χ4v) is 2.35. The van der Waals surface area contributed by atoms with Gasteiger partial charge in [0.1, 0.15) is 0 Å². The molecule has 18 heavy (non-hydrogen) atoms. The van der Waals surface area contributed by atoms with Crippen LogP contribution in [-0.4, -0.2) is 49.3 Å². The lowest BCUT2D eigenvalue weighted by atomic mass is 10.1. The van der Waals surface area contributed by atoms with Gasteiger partial charge < -0.3 is 10.1 Å². The number of hydrogen-bond donors (Lipinski definition) is 1. The van der Waals surface area contributed by atoms with Crippen LogP contribution in [0.1, 0.15) is 47.5 Å². The first kappa shape index (κ1) is 15.9. The Balaban J connectivity index is 2.19. The Kier molecular flexibility index (Phi) is 6.61. The van der Waals surface area contributed by atoms with Crippen LogP contribution in [0.2, 0.25) is 0 Å². The Morgan fingerprint density at radius 3 is 2.67 bits per heavy atom. The maximum atomic E-state index is 5.69. The van der Waals surface area contributed by atoms with E-state index in [1.165, 1.54) is 19.4 Å². The minimum Gasteiger partial charge on any atom is -0.380 e. The number of hydrogen-bond acceptors (Lipinski definition) is 3. The molecular formula is C15H32N2O. The van der Waals surface area contributed by atoms with Crippen LogP contribution in [0, 0.1) is 5.92 Å². The van der Waals surface area contributed by atoms with E-state index < -0.39 is 0 Å². The summed E-state index contributed by atoms with van der Waals surface area (Å²) >= 11 is 0. The summed E-state index contributed by atoms with van der Waals surface area (Å²) in [5, 5.41) is 3.62. The van der Waals surface area contributed by atoms with Crippen molar-refractivity contribution in [3.63, 3.8) is 0 Å². The van der Waals surface area contributed by atoms with E-state index in [2.05, 4.69) is 44.8 Å². The van der Waals surface area contributed by atoms with E-state index in [9.17, 15) is 0 Å². The van der Waals surface area contributed by atoms with E-state index in [4.69, 9.17) is 4.74 Å². The molecule has 0 aromatic heterocycles. The number of ether oxygens (including phenoxy) is 1. The van der Waals surface area contributed by atoms with Gasteiger partial charge in [-0.25, -0.2) is 0 Å². The lowest BCUT2D eigenvalue weighted by Crippen LogP contribution is -2.45. The zero-order valence-corrected chi connectivity index (χ0v) is 13.0. The standard InChI is InChI=1S/C15H32N2O/c1-13(2)12-18-10-9-17-8-6-7-14(17)11-16-15(3,4)5/h13-14,16H,6-12H2,1-5H3. The van der Waals surface area contributed by atoms with Crippen molar-refractivity contribution in [1.29, 1.82) is 0 Å². The molecule has 0 aliphatic carbocycles. The largest absolute Gasteiger partial charge is 0.380 e. The van der Waals surface area contributed by atoms with Crippen molar-refractivity contribution < 1.29 is 4.74 Å². The van der Waals surface area contributed by atoms with Crippen molar-refractivity contribution >= 4 is 0 Å². The monoisotopic (exact) mass is 256 g/mol. The summed E-state index contributed by atoms with van der Waals surface area (Å²) in [7, 11) is 0. The fraction of sp³-hybridized carbons (Fsp3) is 1.00. The lowest BCUT2D eigenvalue weighted by Gasteiger charge is -2.29. The van der Waals surface area contributed by atoms with Gasteiger partial charge in [0, 0.05) is 31.3 Å². The molecule has 3 heteroatoms. The smallest absolute Gasteiger partial charge is 0.0593 e. The molecule has 3 nitrogen and oxygen atoms in total. The zero-order chi connectivity index (χ0) is 13.6. The van der Waals surface area contributed by atoms with Gasteiger partial charge in [-0.2, -0.15) is 0 Å². The maximum Gasteiger partial charge on any atom is 0.0593 e. The van der Waals surface area contributed by atoms with E-state index in [-0.39, 0.29) is 5.54 Å². The molecule has 1 N–H and O–H groups in total. The van der Waals surface area contributed by atoms with E-state index in [1.54, 1.807) is 0 Å². The topological polar surface area (TPSA) is 24.5 Å². The Morgan fingerprint density at radius 2 is 2.06 bits per heavy atom. The highest BCUT2D eigenvalue weighted by Gasteiger charge is 2.25. The Morgan fingerprint density at radius 1 is 1.33 bits per heavy atom. The van der Waals surface area contributed by atoms with Gasteiger partial charge in [-0.1, -0.05) is 13.8 Å². The summed E-state index contributed by atoms with van der Waals surface area (Å²) in [6, 6.07) is 0.701. The molecule has 1 heterocycles. The van der Waals surface area contributed by atoms with Crippen LogP contribution >= 0.6 is 0 Å². The van der Waals surface area contributed by atoms with Gasteiger partial charge >= 0.3 is 0 Å². The second-order valence-electron chi connectivity index (χ2n) is 6.93. The van der Waals surface area contributed by atoms with Gasteiger partial charge in [0.25, 0.3) is 0 Å². The molecule has 1 aliphatic rings. The molecule has 1 atom stereocenters. The first-order valence-corrected chi connectivity index (χ1v) is 7.45. The number of nitrogens with one attached hydrogen (secondary N) is 1. The van der Waals surface area contributed by atoms with E-state index >= 15 is 0 Å². The first-order valence-electron chi connectivity index (χ1n) is 7.45. The summed E-state index contributed by atoms with van der Waals surface area (Å²) in [6.45, 7) is 16.3. The normalized spacial score (nSPS) is 22.0. The van der Waals surface area contributed by atoms with E-state index in [0.717, 1.165) is 26.3 Å². The van der Waals surface area contributed by atoms with Crippen molar-refractivity contribution in [2.75, 3.05) is 32.8 Å². The molecule has 0 aromatic carbocycles. The third kappa shape index (κ3) is 6.72. The van der Waals surface area contributed by atoms with Gasteiger partial charge in [-0.3, -0.25) is 4.90 Å². The first-order chi connectivity index (χ1) is 8.38. The van der Waals surface area contributed by atoms with Crippen LogP contribution in [0.4, 0.5) is 0 Å². The lowest BCUT2D eigenvalue weighted by molar-refractivity contribution is 0.0811. The molecule has 0 aromatic rings. The van der Waals surface area contributed by atoms with Gasteiger partial charge in [-0.05, 0) is 46.1 Å². The van der Waals surface area contributed by atoms with Crippen LogP contribution < -0.4 is 5.32 Å². The molecule has 0 radical (unpaired) electrons. The van der Waals surface area contributed by atoms with Gasteiger partial charge in [0.05, 0.1) is 6.61 Å². The van der Waals surface area contributed by atoms with Crippen molar-refractivity contribution in [2.45, 2.75) is 59.0 Å². The third-order valence-corrected chi connectivity index (χ3v) is 3.34. The second kappa shape index (κ2) is 7.46. The molecule has 1 saturated heterocycles. The number of rotatable bonds is 7. The minimum atomic E-state index is 0.225. The van der Waals surface area contributed by atoms with Gasteiger partial charge in [0.15, 0.2) is 0 Å². The molecule has 0 saturated carbocycles. The van der Waals surface area contributed by atoms with Crippen LogP contribution in [0.5, 0.6) is 0 Å². The molecular weight excluding hydrogens is 224 g/mol. The maximum absolute atomic E-state index is 5.69. The molecule has 1 unspecified atom stereocenters. The molecule has 0 bridgehead atoms. The Hall–Kier alpha value is -0.120. The molecule has 1 aliphatic heterocycles. The highest BCUT2D eigenvalue weighted by atomic mass is 16.5. The van der Waals surface area contributed by atoms with Gasteiger partial charge in [-0.15, -0.1) is 0 Å². The summed E-state index contributed by atoms with van der Waals surface area (Å²) in [5.41, 5.74) is 0.225. The average molecular weight is 256 g/mol. The minimum absolute atomic E-state index is 0.225. The van der Waals surface area contributed by atoms with Crippen LogP contribution in [0.15, 0.2) is 0 Å². The highest BCUT2D eigenvalue weighted by Crippen LogP contribution is 2.16. The highest BCUT2D eigenvalue weighted by molar-refractivity contribution is 4.83. The van der Waals surface area contributed by atoms with Gasteiger partial charge in [0.2, 0.25) is 0 Å². The molecule has 0 amide bonds. The summed E-state index contributed by atoms with van der Waals surface area (Å²) in [4.78, 5) is 2.58. The summed E-state index contributed by atoms with van der Waals surface area (Å²) in [5.74, 6) is 0.641. The van der Waals surface area contributed by atoms with Crippen LogP contribution in [-0.2, 0) is 4.74 Å². The summed E-state index contributed by atoms with van der Waals surface area (Å²) < 4.78 is 5.69. The summed E-state index contributed by atoms with van der Waals surface area (Å²) in [6.07, 6.45) is 2.66. The average Bonchev–Trinajstić information content (AvgIpc) is 2.68. The molecule has 1 rings (SSSR count). The van der Waals surface area contributed by atoms with Crippen molar-refractivity contribution in [3.05, 3.63) is 0 Å². The van der Waals surface area contributed by atoms with Crippen molar-refractivity contribution in [2.24, 2.45) is 5.92 Å². The molecule has 0 spiro atoms. The molecule has 108 valence electrons. The third-order valence-electron chi connectivity index (χ3n) is 3.34. The fourth-order valence-electron chi connectivity index (χ4n) is 2.35. The Labute approximate surface area is 113 Å². The van der Waals surface area contributed by atoms with Crippen LogP contribution in [0.3, 0.4) is 0 Å². The zero-order valence-electron chi connectivity index (χ0n) is 13.0. The quantitative estimate of drug-likeness (QED) is 0.708. The number of nitrogens with zero attached hydrogens (tertiary/aromatic N) is 1.